The predicted octanol–water partition coefficient (Wildman–Crippen LogP) is 11.4. The van der Waals surface area contributed by atoms with Gasteiger partial charge in [-0.3, -0.25) is 9.13 Å². The molecular weight excluding hydrogens is 623 g/mol. The maximum Gasteiger partial charge on any atom is 0.168 e. The molecule has 51 heavy (non-hydrogen) atoms. The van der Waals surface area contributed by atoms with E-state index < -0.39 is 0 Å². The van der Waals surface area contributed by atoms with E-state index in [1.54, 1.807) is 0 Å². The minimum atomic E-state index is 0.661. The molecule has 11 aromatic rings. The fraction of sp³-hybridized carbons (Fsp3) is 0. The molecule has 5 nitrogen and oxygen atoms in total. The Balaban J connectivity index is 1.43. The van der Waals surface area contributed by atoms with Crippen LogP contribution in [0.2, 0.25) is 0 Å². The zero-order chi connectivity index (χ0) is 33.5. The van der Waals surface area contributed by atoms with Crippen molar-refractivity contribution in [2.75, 3.05) is 0 Å². The van der Waals surface area contributed by atoms with Gasteiger partial charge in [-0.05, 0) is 36.4 Å². The van der Waals surface area contributed by atoms with Crippen LogP contribution >= 0.6 is 0 Å². The lowest BCUT2D eigenvalue weighted by atomic mass is 10.2. The zero-order valence-electron chi connectivity index (χ0n) is 27.5. The molecule has 0 bridgehead atoms. The molecule has 11 rings (SSSR count). The fourth-order valence-electron chi connectivity index (χ4n) is 8.12. The highest BCUT2D eigenvalue weighted by molar-refractivity contribution is 6.13. The number of hydrogen-bond acceptors (Lipinski definition) is 2. The number of nitrogens with zero attached hydrogens (tertiary/aromatic N) is 5. The van der Waals surface area contributed by atoms with Gasteiger partial charge in [0.15, 0.2) is 17.5 Å². The SMILES string of the molecule is c1ccc(-c2nc(-n3c4ccccc4c4ccccc43)c(-n3c4ccccc4c4ccccc43)c(-n3c4ccccc4c4ccccc43)n2)cc1. The van der Waals surface area contributed by atoms with Crippen molar-refractivity contribution in [1.29, 1.82) is 0 Å². The summed E-state index contributed by atoms with van der Waals surface area (Å²) in [4.78, 5) is 11.2. The minimum absolute atomic E-state index is 0.661. The van der Waals surface area contributed by atoms with E-state index in [0.29, 0.717) is 5.82 Å². The standard InChI is InChI=1S/C46H29N5/c1-2-16-30(17-3-1)44-47-45(50-39-26-12-6-20-33(39)34-21-7-13-27-40(34)50)43(49-37-24-10-4-18-31(37)32-19-5-11-25-38(32)49)46(48-44)51-41-28-14-8-22-35(41)36-23-9-15-29-42(36)51/h1-29H. The summed E-state index contributed by atoms with van der Waals surface area (Å²) >= 11 is 0. The summed E-state index contributed by atoms with van der Waals surface area (Å²) in [6, 6.07) is 62.3. The Labute approximate surface area is 292 Å². The Morgan fingerprint density at radius 3 is 0.882 bits per heavy atom. The van der Waals surface area contributed by atoms with E-state index in [2.05, 4.69) is 184 Å². The van der Waals surface area contributed by atoms with Crippen LogP contribution in [0.4, 0.5) is 0 Å². The molecule has 0 radical (unpaired) electrons. The van der Waals surface area contributed by atoms with Crippen molar-refractivity contribution in [1.82, 2.24) is 23.7 Å². The molecule has 0 fully saturated rings. The number of rotatable bonds is 4. The highest BCUT2D eigenvalue weighted by Gasteiger charge is 2.28. The van der Waals surface area contributed by atoms with Crippen molar-refractivity contribution in [3.05, 3.63) is 176 Å². The monoisotopic (exact) mass is 651 g/mol. The number of aromatic nitrogens is 5. The van der Waals surface area contributed by atoms with Crippen LogP contribution in [0, 0.1) is 0 Å². The maximum atomic E-state index is 5.60. The second kappa shape index (κ2) is 10.8. The Bertz CT molecular complexity index is 2850. The highest BCUT2D eigenvalue weighted by Crippen LogP contribution is 2.42. The number of benzene rings is 7. The van der Waals surface area contributed by atoms with Crippen LogP contribution in [-0.2, 0) is 0 Å². The van der Waals surface area contributed by atoms with Gasteiger partial charge in [-0.2, -0.15) is 0 Å². The summed E-state index contributed by atoms with van der Waals surface area (Å²) in [5.41, 5.74) is 8.41. The van der Waals surface area contributed by atoms with Gasteiger partial charge in [-0.1, -0.05) is 140 Å². The summed E-state index contributed by atoms with van der Waals surface area (Å²) < 4.78 is 7.07. The fourth-order valence-corrected chi connectivity index (χ4v) is 8.12. The first-order valence-corrected chi connectivity index (χ1v) is 17.3. The molecule has 238 valence electrons. The molecule has 0 unspecified atom stereocenters. The molecule has 0 aliphatic carbocycles. The number of hydrogen-bond donors (Lipinski definition) is 0. The lowest BCUT2D eigenvalue weighted by Crippen LogP contribution is -2.14. The van der Waals surface area contributed by atoms with E-state index in [0.717, 1.165) is 56.0 Å². The second-order valence-electron chi connectivity index (χ2n) is 13.0. The first-order valence-electron chi connectivity index (χ1n) is 17.3. The Morgan fingerprint density at radius 2 is 0.549 bits per heavy atom. The average Bonchev–Trinajstić information content (AvgIpc) is 3.84. The van der Waals surface area contributed by atoms with E-state index in [1.807, 2.05) is 6.07 Å². The summed E-state index contributed by atoms with van der Waals surface area (Å²) in [6.07, 6.45) is 0. The first-order chi connectivity index (χ1) is 25.3. The third kappa shape index (κ3) is 3.97. The Hall–Kier alpha value is -6.98. The van der Waals surface area contributed by atoms with Crippen molar-refractivity contribution in [2.24, 2.45) is 0 Å². The average molecular weight is 652 g/mol. The quantitative estimate of drug-likeness (QED) is 0.190. The lowest BCUT2D eigenvalue weighted by Gasteiger charge is -2.21. The van der Waals surface area contributed by atoms with Gasteiger partial charge in [0.05, 0.1) is 33.1 Å². The van der Waals surface area contributed by atoms with Gasteiger partial charge in [-0.15, -0.1) is 0 Å². The highest BCUT2D eigenvalue weighted by atomic mass is 15.2. The van der Waals surface area contributed by atoms with Crippen molar-refractivity contribution in [2.45, 2.75) is 0 Å². The van der Waals surface area contributed by atoms with Gasteiger partial charge in [0, 0.05) is 37.9 Å². The van der Waals surface area contributed by atoms with Crippen LogP contribution in [0.3, 0.4) is 0 Å². The molecule has 4 heterocycles. The third-order valence-electron chi connectivity index (χ3n) is 10.3. The van der Waals surface area contributed by atoms with Gasteiger partial charge in [0.25, 0.3) is 0 Å². The third-order valence-corrected chi connectivity index (χ3v) is 10.3. The van der Waals surface area contributed by atoms with Gasteiger partial charge < -0.3 is 4.57 Å². The van der Waals surface area contributed by atoms with E-state index >= 15 is 0 Å². The predicted molar refractivity (Wildman–Crippen MR) is 210 cm³/mol. The summed E-state index contributed by atoms with van der Waals surface area (Å²) in [5, 5.41) is 7.08. The number of para-hydroxylation sites is 6. The Kier molecular flexibility index (Phi) is 5.89. The molecule has 4 aromatic heterocycles. The summed E-state index contributed by atoms with van der Waals surface area (Å²) in [5.74, 6) is 2.28. The largest absolute Gasteiger partial charge is 0.303 e. The molecule has 0 aliphatic rings. The van der Waals surface area contributed by atoms with Crippen molar-refractivity contribution in [3.63, 3.8) is 0 Å². The molecule has 0 saturated carbocycles. The Morgan fingerprint density at radius 1 is 0.275 bits per heavy atom. The van der Waals surface area contributed by atoms with Crippen molar-refractivity contribution in [3.8, 4) is 28.7 Å². The van der Waals surface area contributed by atoms with E-state index in [1.165, 1.54) is 32.3 Å². The molecule has 5 heteroatoms. The molecule has 0 spiro atoms. The van der Waals surface area contributed by atoms with E-state index in [4.69, 9.17) is 9.97 Å². The molecular formula is C46H29N5. The molecule has 0 N–H and O–H groups in total. The molecule has 0 atom stereocenters. The second-order valence-corrected chi connectivity index (χ2v) is 13.0. The van der Waals surface area contributed by atoms with E-state index in [-0.39, 0.29) is 0 Å². The van der Waals surface area contributed by atoms with Crippen LogP contribution < -0.4 is 0 Å². The maximum absolute atomic E-state index is 5.60. The summed E-state index contributed by atoms with van der Waals surface area (Å²) in [7, 11) is 0. The molecule has 0 aliphatic heterocycles. The van der Waals surface area contributed by atoms with Crippen LogP contribution in [0.5, 0.6) is 0 Å². The van der Waals surface area contributed by atoms with Crippen LogP contribution in [0.15, 0.2) is 176 Å². The molecule has 0 saturated heterocycles. The van der Waals surface area contributed by atoms with Crippen molar-refractivity contribution < 1.29 is 0 Å². The van der Waals surface area contributed by atoms with Crippen LogP contribution in [0.1, 0.15) is 0 Å². The van der Waals surface area contributed by atoms with Gasteiger partial charge in [0.1, 0.15) is 5.69 Å². The zero-order valence-corrected chi connectivity index (χ0v) is 27.5. The molecule has 0 amide bonds. The molecule has 7 aromatic carbocycles. The van der Waals surface area contributed by atoms with Crippen LogP contribution in [0.25, 0.3) is 94.1 Å². The van der Waals surface area contributed by atoms with Gasteiger partial charge >= 0.3 is 0 Å². The summed E-state index contributed by atoms with van der Waals surface area (Å²) in [6.45, 7) is 0. The van der Waals surface area contributed by atoms with Crippen LogP contribution in [-0.4, -0.2) is 23.7 Å². The minimum Gasteiger partial charge on any atom is -0.303 e. The lowest BCUT2D eigenvalue weighted by molar-refractivity contribution is 0.948. The normalized spacial score (nSPS) is 11.9. The van der Waals surface area contributed by atoms with Gasteiger partial charge in [-0.25, -0.2) is 9.97 Å². The van der Waals surface area contributed by atoms with E-state index in [9.17, 15) is 0 Å². The van der Waals surface area contributed by atoms with Gasteiger partial charge in [0.2, 0.25) is 0 Å². The topological polar surface area (TPSA) is 40.6 Å². The smallest absolute Gasteiger partial charge is 0.168 e. The number of fused-ring (bicyclic) bond motifs is 9. The van der Waals surface area contributed by atoms with Crippen molar-refractivity contribution >= 4 is 65.4 Å². The first kappa shape index (κ1) is 27.9.